The summed E-state index contributed by atoms with van der Waals surface area (Å²) < 4.78 is 27.0. The zero-order chi connectivity index (χ0) is 75.1. The second-order valence-corrected chi connectivity index (χ2v) is 39.7. The van der Waals surface area contributed by atoms with E-state index in [1.54, 1.807) is 59.5 Å². The molecule has 6 aliphatic rings. The molecule has 2 fully saturated rings. The number of nitrogens with zero attached hydrogens (tertiary/aromatic N) is 8. The van der Waals surface area contributed by atoms with Gasteiger partial charge in [0.15, 0.2) is 18.1 Å². The Hall–Kier alpha value is -5.89. The maximum Gasteiger partial charge on any atom is 0.494 e. The summed E-state index contributed by atoms with van der Waals surface area (Å²) in [5.74, 6) is -2.36. The van der Waals surface area contributed by atoms with Gasteiger partial charge in [-0.1, -0.05) is 77.8 Å². The Kier molecular flexibility index (Phi) is 22.1. The van der Waals surface area contributed by atoms with Gasteiger partial charge >= 0.3 is 46.4 Å². The number of aromatic nitrogens is 4. The van der Waals surface area contributed by atoms with Crippen molar-refractivity contribution < 1.29 is 73.2 Å². The van der Waals surface area contributed by atoms with Crippen LogP contribution >= 0.6 is 104 Å². The van der Waals surface area contributed by atoms with Gasteiger partial charge in [0.05, 0.1) is 63.3 Å². The van der Waals surface area contributed by atoms with Crippen LogP contribution in [0.4, 0.5) is 0 Å². The van der Waals surface area contributed by atoms with Crippen molar-refractivity contribution in [1.29, 1.82) is 0 Å². The first-order chi connectivity index (χ1) is 48.7. The van der Waals surface area contributed by atoms with E-state index >= 15 is 0 Å². The van der Waals surface area contributed by atoms with E-state index in [0.29, 0.717) is 41.8 Å². The number of thiazole rings is 4. The summed E-state index contributed by atoms with van der Waals surface area (Å²) in [5.41, 5.74) is 4.41. The van der Waals surface area contributed by atoms with Crippen LogP contribution in [0, 0.1) is 0 Å². The van der Waals surface area contributed by atoms with E-state index in [0.717, 1.165) is 71.7 Å². The molecule has 6 aliphatic heterocycles. The van der Waals surface area contributed by atoms with Crippen LogP contribution in [-0.4, -0.2) is 194 Å². The third-order valence-electron chi connectivity index (χ3n) is 18.4. The number of benzene rings is 5. The van der Waals surface area contributed by atoms with Crippen LogP contribution < -0.4 is 21.9 Å². The van der Waals surface area contributed by atoms with Crippen molar-refractivity contribution in [3.8, 4) is 0 Å². The highest BCUT2D eigenvalue weighted by Gasteiger charge is 2.54. The zero-order valence-electron chi connectivity index (χ0n) is 58.8. The van der Waals surface area contributed by atoms with E-state index in [-0.39, 0.29) is 21.1 Å². The number of carboxylic acid groups (broad SMARTS) is 3. The van der Waals surface area contributed by atoms with Gasteiger partial charge in [0, 0.05) is 24.9 Å². The zero-order valence-corrected chi connectivity index (χ0v) is 66.1. The molecule has 5 aromatic carbocycles. The summed E-state index contributed by atoms with van der Waals surface area (Å²) >= 11 is 13.0. The molecule has 540 valence electrons. The fraction of sp³-hybridized carbons (Fsp3) is 0.382. The lowest BCUT2D eigenvalue weighted by Crippen LogP contribution is -2.41. The van der Waals surface area contributed by atoms with Crippen molar-refractivity contribution in [3.05, 3.63) is 123 Å². The minimum absolute atomic E-state index is 0.0582. The summed E-state index contributed by atoms with van der Waals surface area (Å²) in [7, 11) is -3.87. The molecule has 4 aromatic heterocycles. The minimum Gasteiger partial charge on any atom is -0.480 e. The van der Waals surface area contributed by atoms with Crippen molar-refractivity contribution in [2.24, 2.45) is 20.0 Å². The van der Waals surface area contributed by atoms with E-state index < -0.39 is 91.2 Å². The third kappa shape index (κ3) is 16.4. The van der Waals surface area contributed by atoms with Crippen molar-refractivity contribution in [2.45, 2.75) is 163 Å². The number of carbonyl (C=O) groups is 4. The molecule has 0 spiro atoms. The molecule has 0 radical (unpaired) electrons. The number of rotatable bonds is 13. The lowest BCUT2D eigenvalue weighted by molar-refractivity contribution is -0.139. The molecule has 4 atom stereocenters. The van der Waals surface area contributed by atoms with Gasteiger partial charge in [0.2, 0.25) is 5.12 Å². The number of thioether (sulfide) groups is 5. The van der Waals surface area contributed by atoms with Crippen molar-refractivity contribution in [3.63, 3.8) is 0 Å². The van der Waals surface area contributed by atoms with Gasteiger partial charge in [0.1, 0.15) is 46.2 Å². The molecule has 0 amide bonds. The molecule has 23 nitrogen and oxygen atoms in total. The number of hydrogen-bond acceptors (Lipinski definition) is 29. The van der Waals surface area contributed by atoms with Crippen LogP contribution in [0.15, 0.2) is 128 Å². The normalized spacial score (nSPS) is 22.1. The van der Waals surface area contributed by atoms with Gasteiger partial charge in [-0.2, -0.15) is 0 Å². The summed E-state index contributed by atoms with van der Waals surface area (Å²) in [5, 5.41) is 70.1. The molecule has 0 aliphatic carbocycles. The van der Waals surface area contributed by atoms with Crippen molar-refractivity contribution in [2.75, 3.05) is 5.75 Å². The first kappa shape index (κ1) is 77.7. The first-order valence-corrected chi connectivity index (χ1v) is 40.2. The van der Waals surface area contributed by atoms with Crippen LogP contribution in [-0.2, 0) is 37.8 Å². The maximum atomic E-state index is 13.1. The second kappa shape index (κ2) is 29.6. The fourth-order valence-electron chi connectivity index (χ4n) is 11.1. The minimum atomic E-state index is -1.52. The van der Waals surface area contributed by atoms with Crippen molar-refractivity contribution >= 4 is 239 Å². The van der Waals surface area contributed by atoms with Gasteiger partial charge in [0.25, 0.3) is 0 Å². The van der Waals surface area contributed by atoms with Gasteiger partial charge in [-0.15, -0.1) is 57.1 Å². The monoisotopic (exact) mass is 1570 g/mol. The molecule has 0 saturated carbocycles. The molecule has 10 heterocycles. The number of aliphatic carboxylic acids is 3. The Morgan fingerprint density at radius 1 is 0.433 bits per heavy atom. The Morgan fingerprint density at radius 2 is 0.769 bits per heavy atom. The predicted molar refractivity (Wildman–Crippen MR) is 429 cm³/mol. The smallest absolute Gasteiger partial charge is 0.480 e. The highest BCUT2D eigenvalue weighted by Crippen LogP contribution is 2.46. The molecule has 9 aromatic rings. The first-order valence-electron chi connectivity index (χ1n) is 32.7. The standard InChI is InChI=1S/C25H27BN2O3S3.C19H23BN2O4S2.C13H13BN2O4S2.C11H9BN2O4S2/c1-23(2)19(22(29)32-16-10-8-7-9-11-16)28-21(34-23)20-27-17-13-12-15(14-18(17)33-20)26-30-24(3,4)25(5,6)31-26;1-17(2)13(16(23)24)22-15(28-17)14-21-11-8-7-10(9-12(11)27-14)20-25-18(3,4)19(5,6)26-20;1-13(2)9(12(17)18)16-11(22-13)10-15-7-4-3-6(14(19)20)5-8(7)21-10;15-11(16)7-4-19-9(14-7)10-13-6-2-1-5(12(17)18)3-8(6)20-10/h7-14,19H,1-6H3;7-9,13H,1-6H3,(H,23,24);3-5,9,19-20H,1-2H3,(H,17,18);1-3,7,17-18H,4H2,(H,15,16). The number of hydrogen-bond donors (Lipinski definition) is 7. The van der Waals surface area contributed by atoms with Gasteiger partial charge < -0.3 is 54.0 Å². The Balaban J connectivity index is 0.000000133. The Bertz CT molecular complexity index is 4970. The largest absolute Gasteiger partial charge is 0.494 e. The number of aliphatic imine (C=N–C) groups is 4. The van der Waals surface area contributed by atoms with E-state index in [1.165, 1.54) is 81.1 Å². The maximum absolute atomic E-state index is 13.1. The molecule has 0 bridgehead atoms. The lowest BCUT2D eigenvalue weighted by atomic mass is 9.79. The topological polar surface area (TPSA) is 348 Å². The quantitative estimate of drug-likeness (QED) is 0.0417. The van der Waals surface area contributed by atoms with E-state index in [9.17, 15) is 39.4 Å². The van der Waals surface area contributed by atoms with Crippen LogP contribution in [0.2, 0.25) is 0 Å². The molecular formula is C68H72B4N8O15S9. The predicted octanol–water partition coefficient (Wildman–Crippen LogP) is 9.50. The summed E-state index contributed by atoms with van der Waals surface area (Å²) in [6.07, 6.45) is 0. The van der Waals surface area contributed by atoms with E-state index in [2.05, 4.69) is 77.5 Å². The van der Waals surface area contributed by atoms with Gasteiger partial charge in [-0.3, -0.25) is 24.8 Å². The molecule has 4 unspecified atom stereocenters. The highest BCUT2D eigenvalue weighted by atomic mass is 32.2. The number of carboxylic acids is 3. The highest BCUT2D eigenvalue weighted by molar-refractivity contribution is 8.17. The summed E-state index contributed by atoms with van der Waals surface area (Å²) in [6.45, 7) is 28.0. The summed E-state index contributed by atoms with van der Waals surface area (Å²) in [4.78, 5) is 83.7. The van der Waals surface area contributed by atoms with Crippen LogP contribution in [0.5, 0.6) is 0 Å². The van der Waals surface area contributed by atoms with Crippen LogP contribution in [0.3, 0.4) is 0 Å². The molecule has 7 N–H and O–H groups in total. The Labute approximate surface area is 638 Å². The average Bonchev–Trinajstić information content (AvgIpc) is 1.62. The second-order valence-electron chi connectivity index (χ2n) is 28.5. The third-order valence-corrected chi connectivity index (χ3v) is 28.7. The van der Waals surface area contributed by atoms with E-state index in [4.69, 9.17) is 43.7 Å². The van der Waals surface area contributed by atoms with E-state index in [1.807, 2.05) is 116 Å². The Morgan fingerprint density at radius 3 is 1.11 bits per heavy atom. The molecule has 36 heteroatoms. The molecule has 2 saturated heterocycles. The summed E-state index contributed by atoms with van der Waals surface area (Å²) in [6, 6.07) is 29.1. The van der Waals surface area contributed by atoms with Crippen LogP contribution in [0.25, 0.3) is 40.9 Å². The number of carbonyl (C=O) groups excluding carboxylic acids is 1. The SMILES string of the molecule is CC1(C)SC(c2nc3ccc(B(O)O)cc3s2)=NC1C(=O)O.CC1(C)SC(c2nc3ccc(B4OC(C)(C)C(C)(C)O4)cc3s2)=NC1C(=O)O.CC1(C)SC(c2nc3ccc(B4OC(C)(C)C(C)(C)O4)cc3s2)=NC1C(=O)Sc1ccccc1.O=C(O)C1CSC(c2nc3ccc(B(O)O)cc3s2)=N1. The van der Waals surface area contributed by atoms with Crippen molar-refractivity contribution in [1.82, 2.24) is 19.9 Å². The molecular weight excluding hydrogens is 1500 g/mol. The van der Waals surface area contributed by atoms with Gasteiger partial charge in [-0.05, 0) is 191 Å². The molecule has 15 rings (SSSR count). The van der Waals surface area contributed by atoms with Gasteiger partial charge in [-0.25, -0.2) is 34.3 Å². The lowest BCUT2D eigenvalue weighted by Gasteiger charge is -2.32. The van der Waals surface area contributed by atoms with Crippen LogP contribution in [0.1, 0.15) is 117 Å². The molecule has 104 heavy (non-hydrogen) atoms. The fourth-order valence-corrected chi connectivity index (χ4v) is 20.9. The average molecular weight is 1570 g/mol. The number of fused-ring (bicyclic) bond motifs is 4.